The highest BCUT2D eigenvalue weighted by molar-refractivity contribution is 7.89. The molecule has 1 saturated heterocycles. The van der Waals surface area contributed by atoms with Gasteiger partial charge < -0.3 is 10.6 Å². The Kier molecular flexibility index (Phi) is 3.93. The standard InChI is InChI=1S/C11H16N4O4S/c1-13-4-6-14(7-5-13)20(18,19)11-8-9(12)2-3-10(11)15(16)17/h2-3,8H,4-7,12H2,1H3. The summed E-state index contributed by atoms with van der Waals surface area (Å²) in [7, 11) is -2.00. The van der Waals surface area contributed by atoms with E-state index in [1.165, 1.54) is 10.4 Å². The fourth-order valence-corrected chi connectivity index (χ4v) is 3.67. The molecule has 0 atom stereocenters. The molecule has 0 spiro atoms. The minimum Gasteiger partial charge on any atom is -0.399 e. The van der Waals surface area contributed by atoms with Gasteiger partial charge in [0.2, 0.25) is 10.0 Å². The van der Waals surface area contributed by atoms with Crippen molar-refractivity contribution >= 4 is 21.4 Å². The van der Waals surface area contributed by atoms with Crippen LogP contribution >= 0.6 is 0 Å². The SMILES string of the molecule is CN1CCN(S(=O)(=O)c2cc(N)ccc2[N+](=O)[O-])CC1. The predicted molar refractivity (Wildman–Crippen MR) is 73.8 cm³/mol. The van der Waals surface area contributed by atoms with Crippen LogP contribution in [-0.2, 0) is 10.0 Å². The van der Waals surface area contributed by atoms with Crippen LogP contribution in [0.25, 0.3) is 0 Å². The van der Waals surface area contributed by atoms with Gasteiger partial charge in [-0.05, 0) is 19.2 Å². The number of nitro benzene ring substituents is 1. The van der Waals surface area contributed by atoms with Gasteiger partial charge in [0, 0.05) is 37.9 Å². The fraction of sp³-hybridized carbons (Fsp3) is 0.455. The van der Waals surface area contributed by atoms with Crippen LogP contribution in [0, 0.1) is 10.1 Å². The lowest BCUT2D eigenvalue weighted by molar-refractivity contribution is -0.387. The molecule has 20 heavy (non-hydrogen) atoms. The fourth-order valence-electron chi connectivity index (χ4n) is 2.06. The molecule has 0 saturated carbocycles. The van der Waals surface area contributed by atoms with Crippen LogP contribution in [0.4, 0.5) is 11.4 Å². The summed E-state index contributed by atoms with van der Waals surface area (Å²) >= 11 is 0. The number of nitrogen functional groups attached to an aromatic ring is 1. The lowest BCUT2D eigenvalue weighted by Gasteiger charge is -2.31. The number of sulfonamides is 1. The van der Waals surface area contributed by atoms with E-state index in [9.17, 15) is 18.5 Å². The lowest BCUT2D eigenvalue weighted by Crippen LogP contribution is -2.47. The molecule has 2 N–H and O–H groups in total. The zero-order chi connectivity index (χ0) is 14.9. The highest BCUT2D eigenvalue weighted by atomic mass is 32.2. The molecule has 0 unspecified atom stereocenters. The Labute approximate surface area is 117 Å². The van der Waals surface area contributed by atoms with Gasteiger partial charge >= 0.3 is 0 Å². The van der Waals surface area contributed by atoms with Crippen molar-refractivity contribution in [3.63, 3.8) is 0 Å². The van der Waals surface area contributed by atoms with Crippen molar-refractivity contribution in [1.29, 1.82) is 0 Å². The van der Waals surface area contributed by atoms with Crippen molar-refractivity contribution in [3.8, 4) is 0 Å². The highest BCUT2D eigenvalue weighted by Crippen LogP contribution is 2.29. The maximum absolute atomic E-state index is 12.5. The zero-order valence-corrected chi connectivity index (χ0v) is 11.8. The Balaban J connectivity index is 2.43. The van der Waals surface area contributed by atoms with Crippen LogP contribution in [0.15, 0.2) is 23.1 Å². The summed E-state index contributed by atoms with van der Waals surface area (Å²) in [4.78, 5) is 11.9. The molecule has 1 heterocycles. The van der Waals surface area contributed by atoms with Crippen LogP contribution < -0.4 is 5.73 Å². The van der Waals surface area contributed by atoms with Gasteiger partial charge in [0.1, 0.15) is 0 Å². The molecule has 2 rings (SSSR count). The second-order valence-electron chi connectivity index (χ2n) is 4.69. The predicted octanol–water partition coefficient (Wildman–Crippen LogP) is 0.113. The minimum atomic E-state index is -3.90. The average Bonchev–Trinajstić information content (AvgIpc) is 2.38. The van der Waals surface area contributed by atoms with Gasteiger partial charge in [-0.25, -0.2) is 8.42 Å². The molecule has 0 aromatic heterocycles. The summed E-state index contributed by atoms with van der Waals surface area (Å²) < 4.78 is 26.3. The van der Waals surface area contributed by atoms with E-state index in [1.54, 1.807) is 0 Å². The van der Waals surface area contributed by atoms with Gasteiger partial charge in [-0.3, -0.25) is 10.1 Å². The number of nitrogens with two attached hydrogens (primary N) is 1. The number of benzene rings is 1. The van der Waals surface area contributed by atoms with E-state index in [4.69, 9.17) is 5.73 Å². The second kappa shape index (κ2) is 5.35. The molecule has 110 valence electrons. The molecular weight excluding hydrogens is 284 g/mol. The summed E-state index contributed by atoms with van der Waals surface area (Å²) in [5, 5.41) is 11.0. The third kappa shape index (κ3) is 2.74. The van der Waals surface area contributed by atoms with E-state index in [-0.39, 0.29) is 10.6 Å². The van der Waals surface area contributed by atoms with Gasteiger partial charge in [0.25, 0.3) is 5.69 Å². The molecule has 1 aromatic rings. The number of anilines is 1. The smallest absolute Gasteiger partial charge is 0.289 e. The first-order valence-electron chi connectivity index (χ1n) is 6.05. The second-order valence-corrected chi connectivity index (χ2v) is 6.60. The molecule has 1 aromatic carbocycles. The maximum Gasteiger partial charge on any atom is 0.289 e. The van der Waals surface area contributed by atoms with Crippen molar-refractivity contribution in [3.05, 3.63) is 28.3 Å². The number of hydrogen-bond donors (Lipinski definition) is 1. The third-order valence-electron chi connectivity index (χ3n) is 3.26. The van der Waals surface area contributed by atoms with Gasteiger partial charge in [0.15, 0.2) is 4.90 Å². The molecule has 1 aliphatic heterocycles. The Bertz CT molecular complexity index is 623. The number of rotatable bonds is 3. The monoisotopic (exact) mass is 300 g/mol. The quantitative estimate of drug-likeness (QED) is 0.482. The lowest BCUT2D eigenvalue weighted by atomic mass is 10.3. The average molecular weight is 300 g/mol. The first kappa shape index (κ1) is 14.7. The van der Waals surface area contributed by atoms with Gasteiger partial charge in [0.05, 0.1) is 4.92 Å². The first-order valence-corrected chi connectivity index (χ1v) is 7.49. The topological polar surface area (TPSA) is 110 Å². The Morgan fingerprint density at radius 1 is 1.25 bits per heavy atom. The number of hydrogen-bond acceptors (Lipinski definition) is 6. The Morgan fingerprint density at radius 2 is 1.85 bits per heavy atom. The summed E-state index contributed by atoms with van der Waals surface area (Å²) in [6.07, 6.45) is 0. The van der Waals surface area contributed by atoms with Crippen molar-refractivity contribution < 1.29 is 13.3 Å². The largest absolute Gasteiger partial charge is 0.399 e. The van der Waals surface area contributed by atoms with Crippen molar-refractivity contribution in [2.45, 2.75) is 4.90 Å². The van der Waals surface area contributed by atoms with Crippen LogP contribution in [0.5, 0.6) is 0 Å². The maximum atomic E-state index is 12.5. The minimum absolute atomic E-state index is 0.184. The molecule has 0 aliphatic carbocycles. The van der Waals surface area contributed by atoms with Gasteiger partial charge in [-0.1, -0.05) is 0 Å². The molecular formula is C11H16N4O4S. The number of likely N-dealkylation sites (N-methyl/N-ethyl adjacent to an activating group) is 1. The van der Waals surface area contributed by atoms with Gasteiger partial charge in [-0.15, -0.1) is 0 Å². The first-order chi connectivity index (χ1) is 9.32. The van der Waals surface area contributed by atoms with Crippen LogP contribution in [0.1, 0.15) is 0 Å². The van der Waals surface area contributed by atoms with Crippen LogP contribution in [0.3, 0.4) is 0 Å². The van der Waals surface area contributed by atoms with Gasteiger partial charge in [-0.2, -0.15) is 4.31 Å². The molecule has 0 bridgehead atoms. The zero-order valence-electron chi connectivity index (χ0n) is 11.0. The van der Waals surface area contributed by atoms with Crippen molar-refractivity contribution in [2.24, 2.45) is 0 Å². The van der Waals surface area contributed by atoms with Crippen LogP contribution in [-0.4, -0.2) is 55.8 Å². The number of nitro groups is 1. The molecule has 8 nitrogen and oxygen atoms in total. The van der Waals surface area contributed by atoms with E-state index >= 15 is 0 Å². The Hall–Kier alpha value is -1.71. The van der Waals surface area contributed by atoms with E-state index in [0.717, 1.165) is 12.1 Å². The summed E-state index contributed by atoms with van der Waals surface area (Å²) in [6.45, 7) is 1.81. The highest BCUT2D eigenvalue weighted by Gasteiger charge is 2.33. The summed E-state index contributed by atoms with van der Waals surface area (Å²) in [5.74, 6) is 0. The van der Waals surface area contributed by atoms with E-state index in [2.05, 4.69) is 0 Å². The normalized spacial score (nSPS) is 18.1. The molecule has 0 radical (unpaired) electrons. The van der Waals surface area contributed by atoms with Crippen LogP contribution in [0.2, 0.25) is 0 Å². The van der Waals surface area contributed by atoms with E-state index in [1.807, 2.05) is 11.9 Å². The molecule has 1 aliphatic rings. The molecule has 9 heteroatoms. The summed E-state index contributed by atoms with van der Waals surface area (Å²) in [5.41, 5.74) is 5.30. The summed E-state index contributed by atoms with van der Waals surface area (Å²) in [6, 6.07) is 3.59. The van der Waals surface area contributed by atoms with Crippen molar-refractivity contribution in [2.75, 3.05) is 39.0 Å². The molecule has 1 fully saturated rings. The van der Waals surface area contributed by atoms with E-state index in [0.29, 0.717) is 26.2 Å². The third-order valence-corrected chi connectivity index (χ3v) is 5.19. The number of nitrogens with zero attached hydrogens (tertiary/aromatic N) is 3. The molecule has 0 amide bonds. The Morgan fingerprint density at radius 3 is 2.40 bits per heavy atom. The number of piperazine rings is 1. The van der Waals surface area contributed by atoms with Crippen molar-refractivity contribution in [1.82, 2.24) is 9.21 Å². The van der Waals surface area contributed by atoms with E-state index < -0.39 is 20.6 Å².